The topological polar surface area (TPSA) is 96.4 Å². The van der Waals surface area contributed by atoms with Crippen molar-refractivity contribution in [2.45, 2.75) is 18.4 Å². The molecule has 0 saturated heterocycles. The maximum atomic E-state index is 13.5. The van der Waals surface area contributed by atoms with Crippen molar-refractivity contribution in [2.75, 3.05) is 0 Å². The zero-order valence-electron chi connectivity index (χ0n) is 10.8. The van der Waals surface area contributed by atoms with Crippen LogP contribution in [0.15, 0.2) is 29.2 Å². The summed E-state index contributed by atoms with van der Waals surface area (Å²) < 4.78 is 39.6. The Kier molecular flexibility index (Phi) is 4.35. The van der Waals surface area contributed by atoms with Crippen molar-refractivity contribution in [1.82, 2.24) is 9.71 Å². The van der Waals surface area contributed by atoms with E-state index in [0.717, 1.165) is 23.5 Å². The number of hydrogen-bond donors (Lipinski definition) is 2. The molecule has 0 spiro atoms. The van der Waals surface area contributed by atoms with Gasteiger partial charge in [0, 0.05) is 0 Å². The maximum Gasteiger partial charge on any atom is 0.347 e. The first-order chi connectivity index (χ1) is 9.81. The van der Waals surface area contributed by atoms with E-state index in [2.05, 4.69) is 9.71 Å². The molecule has 9 heteroatoms. The fourth-order valence-corrected chi connectivity index (χ4v) is 3.62. The molecule has 0 aliphatic heterocycles. The van der Waals surface area contributed by atoms with E-state index in [1.165, 1.54) is 19.1 Å². The van der Waals surface area contributed by atoms with Gasteiger partial charge in [-0.1, -0.05) is 12.1 Å². The first-order valence-corrected chi connectivity index (χ1v) is 8.05. The van der Waals surface area contributed by atoms with Gasteiger partial charge in [0.15, 0.2) is 0 Å². The molecule has 0 bridgehead atoms. The van der Waals surface area contributed by atoms with Gasteiger partial charge < -0.3 is 5.11 Å². The van der Waals surface area contributed by atoms with E-state index in [4.69, 9.17) is 5.11 Å². The highest BCUT2D eigenvalue weighted by molar-refractivity contribution is 7.89. The van der Waals surface area contributed by atoms with Crippen molar-refractivity contribution in [3.05, 3.63) is 45.7 Å². The van der Waals surface area contributed by atoms with Crippen LogP contribution in [0.3, 0.4) is 0 Å². The Morgan fingerprint density at radius 3 is 2.67 bits per heavy atom. The van der Waals surface area contributed by atoms with Crippen LogP contribution < -0.4 is 4.72 Å². The number of hydrogen-bond acceptors (Lipinski definition) is 5. The van der Waals surface area contributed by atoms with Crippen molar-refractivity contribution in [3.8, 4) is 0 Å². The van der Waals surface area contributed by atoms with Crippen LogP contribution in [0.5, 0.6) is 0 Å². The number of nitrogens with one attached hydrogen (secondary N) is 1. The number of carboxylic acids is 1. The molecule has 0 fully saturated rings. The summed E-state index contributed by atoms with van der Waals surface area (Å²) in [5.41, 5.74) is 0.313. The van der Waals surface area contributed by atoms with Gasteiger partial charge in [-0.25, -0.2) is 27.3 Å². The lowest BCUT2D eigenvalue weighted by Gasteiger charge is -2.05. The number of carbonyl (C=O) groups is 1. The Bertz CT molecular complexity index is 786. The molecule has 0 amide bonds. The summed E-state index contributed by atoms with van der Waals surface area (Å²) >= 11 is 0.876. The van der Waals surface area contributed by atoms with Crippen molar-refractivity contribution < 1.29 is 22.7 Å². The molecule has 2 N–H and O–H groups in total. The van der Waals surface area contributed by atoms with Gasteiger partial charge in [-0.15, -0.1) is 11.3 Å². The zero-order chi connectivity index (χ0) is 15.6. The number of nitrogens with zero attached hydrogens (tertiary/aromatic N) is 1. The third-order valence-corrected chi connectivity index (χ3v) is 5.15. The number of aryl methyl sites for hydroxylation is 1. The zero-order valence-corrected chi connectivity index (χ0v) is 12.5. The van der Waals surface area contributed by atoms with Crippen LogP contribution in [0.4, 0.5) is 4.39 Å². The van der Waals surface area contributed by atoms with Crippen LogP contribution in [0, 0.1) is 12.7 Å². The van der Waals surface area contributed by atoms with E-state index in [9.17, 15) is 17.6 Å². The second-order valence-corrected chi connectivity index (χ2v) is 6.90. The standard InChI is InChI=1S/C12H11FN2O4S2/c1-7-11(12(16)17)20-10(15-7)6-14-21(18,19)9-5-3-2-4-8(9)13/h2-5,14H,6H2,1H3,(H,16,17). The number of benzene rings is 1. The fraction of sp³-hybridized carbons (Fsp3) is 0.167. The lowest BCUT2D eigenvalue weighted by Crippen LogP contribution is -2.24. The third-order valence-electron chi connectivity index (χ3n) is 2.57. The number of carboxylic acid groups (broad SMARTS) is 1. The molecule has 6 nitrogen and oxygen atoms in total. The summed E-state index contributed by atoms with van der Waals surface area (Å²) in [4.78, 5) is 14.4. The summed E-state index contributed by atoms with van der Waals surface area (Å²) in [6.45, 7) is 1.32. The van der Waals surface area contributed by atoms with E-state index in [1.54, 1.807) is 0 Å². The van der Waals surface area contributed by atoms with Gasteiger partial charge >= 0.3 is 5.97 Å². The van der Waals surface area contributed by atoms with Crippen LogP contribution in [-0.2, 0) is 16.6 Å². The average molecular weight is 330 g/mol. The molecule has 0 radical (unpaired) electrons. The van der Waals surface area contributed by atoms with Gasteiger partial charge in [0.05, 0.1) is 12.2 Å². The van der Waals surface area contributed by atoms with Gasteiger partial charge in [-0.05, 0) is 19.1 Å². The molecule has 2 aromatic rings. The highest BCUT2D eigenvalue weighted by Crippen LogP contribution is 2.19. The minimum absolute atomic E-state index is 0.0510. The molecule has 1 aromatic heterocycles. The molecule has 2 rings (SSSR count). The molecule has 0 saturated carbocycles. The van der Waals surface area contributed by atoms with Gasteiger partial charge in [-0.3, -0.25) is 0 Å². The molecule has 0 atom stereocenters. The first kappa shape index (κ1) is 15.5. The number of aromatic nitrogens is 1. The Morgan fingerprint density at radius 2 is 2.10 bits per heavy atom. The number of thiazole rings is 1. The Labute approximate surface area is 124 Å². The minimum Gasteiger partial charge on any atom is -0.477 e. The predicted molar refractivity (Wildman–Crippen MR) is 74.2 cm³/mol. The largest absolute Gasteiger partial charge is 0.477 e. The van der Waals surface area contributed by atoms with Gasteiger partial charge in [0.1, 0.15) is 20.6 Å². The lowest BCUT2D eigenvalue weighted by molar-refractivity contribution is 0.0701. The summed E-state index contributed by atoms with van der Waals surface area (Å²) in [6, 6.07) is 4.99. The van der Waals surface area contributed by atoms with E-state index in [1.807, 2.05) is 0 Å². The highest BCUT2D eigenvalue weighted by atomic mass is 32.2. The van der Waals surface area contributed by atoms with Crippen LogP contribution in [0.1, 0.15) is 20.4 Å². The van der Waals surface area contributed by atoms with E-state index < -0.39 is 26.7 Å². The molecular weight excluding hydrogens is 319 g/mol. The van der Waals surface area contributed by atoms with Crippen molar-refractivity contribution in [3.63, 3.8) is 0 Å². The molecule has 1 heterocycles. The average Bonchev–Trinajstić information content (AvgIpc) is 2.78. The summed E-state index contributed by atoms with van der Waals surface area (Å²) in [5, 5.41) is 9.20. The van der Waals surface area contributed by atoms with Crippen molar-refractivity contribution in [1.29, 1.82) is 0 Å². The first-order valence-electron chi connectivity index (χ1n) is 5.75. The Hall–Kier alpha value is -1.84. The lowest BCUT2D eigenvalue weighted by atomic mass is 10.4. The smallest absolute Gasteiger partial charge is 0.347 e. The SMILES string of the molecule is Cc1nc(CNS(=O)(=O)c2ccccc2F)sc1C(=O)O. The molecule has 1 aromatic carbocycles. The van der Waals surface area contributed by atoms with E-state index in [-0.39, 0.29) is 11.4 Å². The number of halogens is 1. The van der Waals surface area contributed by atoms with Crippen LogP contribution in [-0.4, -0.2) is 24.5 Å². The molecule has 112 valence electrons. The van der Waals surface area contributed by atoms with Crippen molar-refractivity contribution in [2.24, 2.45) is 0 Å². The van der Waals surface area contributed by atoms with Crippen LogP contribution in [0.25, 0.3) is 0 Å². The molecule has 0 aliphatic carbocycles. The maximum absolute atomic E-state index is 13.5. The van der Waals surface area contributed by atoms with E-state index in [0.29, 0.717) is 10.7 Å². The molecule has 21 heavy (non-hydrogen) atoms. The number of rotatable bonds is 5. The predicted octanol–water partition coefficient (Wildman–Crippen LogP) is 1.77. The van der Waals surface area contributed by atoms with Crippen molar-refractivity contribution >= 4 is 27.3 Å². The van der Waals surface area contributed by atoms with E-state index >= 15 is 0 Å². The number of aromatic carboxylic acids is 1. The highest BCUT2D eigenvalue weighted by Gasteiger charge is 2.20. The Balaban J connectivity index is 2.18. The fourth-order valence-electron chi connectivity index (χ4n) is 1.62. The molecule has 0 aliphatic rings. The van der Waals surface area contributed by atoms with Gasteiger partial charge in [0.2, 0.25) is 10.0 Å². The summed E-state index contributed by atoms with van der Waals surface area (Å²) in [5.74, 6) is -1.97. The summed E-state index contributed by atoms with van der Waals surface area (Å²) in [7, 11) is -4.02. The molecule has 0 unspecified atom stereocenters. The van der Waals surface area contributed by atoms with Gasteiger partial charge in [-0.2, -0.15) is 0 Å². The Morgan fingerprint density at radius 1 is 1.43 bits per heavy atom. The monoisotopic (exact) mass is 330 g/mol. The van der Waals surface area contributed by atoms with Crippen LogP contribution >= 0.6 is 11.3 Å². The molecular formula is C12H11FN2O4S2. The van der Waals surface area contributed by atoms with Crippen LogP contribution in [0.2, 0.25) is 0 Å². The summed E-state index contributed by atoms with van der Waals surface area (Å²) in [6.07, 6.45) is 0. The van der Waals surface area contributed by atoms with Gasteiger partial charge in [0.25, 0.3) is 0 Å². The number of sulfonamides is 1. The second kappa shape index (κ2) is 5.88. The normalized spacial score (nSPS) is 11.5. The quantitative estimate of drug-likeness (QED) is 0.871. The third kappa shape index (κ3) is 3.43. The minimum atomic E-state index is -4.02. The second-order valence-electron chi connectivity index (χ2n) is 4.08.